The summed E-state index contributed by atoms with van der Waals surface area (Å²) < 4.78 is 33.7. The number of hydrogen-bond donors (Lipinski definition) is 0. The SMILES string of the molecule is CCCCC/C=C\C/C=C\CCCCCCCC(=O)OC[C@H](COP(=O)([O-])OCC[N+](C)(C)C)OC(=O)CCC/C=C\C/C=C\C/C=C\C=C\C(=O)CCCCC. The van der Waals surface area contributed by atoms with Crippen LogP contribution in [0.5, 0.6) is 0 Å². The first-order valence-electron chi connectivity index (χ1n) is 21.6. The van der Waals surface area contributed by atoms with Gasteiger partial charge in [-0.15, -0.1) is 0 Å². The number of phosphoric ester groups is 1. The van der Waals surface area contributed by atoms with Gasteiger partial charge in [-0.05, 0) is 76.7 Å². The van der Waals surface area contributed by atoms with Gasteiger partial charge in [-0.25, -0.2) is 0 Å². The van der Waals surface area contributed by atoms with Gasteiger partial charge in [-0.3, -0.25) is 18.9 Å². The van der Waals surface area contributed by atoms with Crippen molar-refractivity contribution in [3.63, 3.8) is 0 Å². The summed E-state index contributed by atoms with van der Waals surface area (Å²) in [6.07, 6.45) is 42.0. The molecular formula is C46H78NO9P. The van der Waals surface area contributed by atoms with Gasteiger partial charge in [0.25, 0.3) is 7.82 Å². The normalized spacial score (nSPS) is 14.2. The first-order chi connectivity index (χ1) is 27.4. The highest BCUT2D eigenvalue weighted by atomic mass is 31.2. The number of likely N-dealkylation sites (N-methyl/N-ethyl adjacent to an activating group) is 1. The number of quaternary nitrogens is 1. The first kappa shape index (κ1) is 54.1. The van der Waals surface area contributed by atoms with Crippen LogP contribution in [0.2, 0.25) is 0 Å². The van der Waals surface area contributed by atoms with Crippen molar-refractivity contribution in [2.45, 2.75) is 155 Å². The fraction of sp³-hybridized carbons (Fsp3) is 0.674. The third kappa shape index (κ3) is 41.1. The molecule has 0 amide bonds. The molecule has 0 radical (unpaired) electrons. The van der Waals surface area contributed by atoms with Crippen molar-refractivity contribution >= 4 is 25.5 Å². The molecule has 0 spiro atoms. The Bertz CT molecular complexity index is 1260. The number of ketones is 1. The van der Waals surface area contributed by atoms with Crippen LogP contribution in [-0.2, 0) is 37.5 Å². The number of ether oxygens (including phenoxy) is 2. The Morgan fingerprint density at radius 1 is 0.596 bits per heavy atom. The number of allylic oxidation sites excluding steroid dienone is 12. The highest BCUT2D eigenvalue weighted by Gasteiger charge is 2.21. The van der Waals surface area contributed by atoms with Gasteiger partial charge in [-0.1, -0.05) is 126 Å². The van der Waals surface area contributed by atoms with E-state index >= 15 is 0 Å². The third-order valence-corrected chi connectivity index (χ3v) is 9.64. The third-order valence-electron chi connectivity index (χ3n) is 8.68. The molecule has 0 fully saturated rings. The number of esters is 2. The van der Waals surface area contributed by atoms with Crippen LogP contribution >= 0.6 is 7.82 Å². The summed E-state index contributed by atoms with van der Waals surface area (Å²) in [7, 11) is 1.07. The molecule has 0 saturated heterocycles. The average Bonchev–Trinajstić information content (AvgIpc) is 3.15. The monoisotopic (exact) mass is 820 g/mol. The Kier molecular flexibility index (Phi) is 35.5. The Morgan fingerprint density at radius 3 is 1.77 bits per heavy atom. The number of carbonyl (C=O) groups is 3. The molecule has 0 aromatic heterocycles. The van der Waals surface area contributed by atoms with Crippen molar-refractivity contribution in [2.24, 2.45) is 0 Å². The van der Waals surface area contributed by atoms with Crippen molar-refractivity contribution in [1.29, 1.82) is 0 Å². The molecule has 0 aliphatic rings. The second-order valence-corrected chi connectivity index (χ2v) is 16.8. The largest absolute Gasteiger partial charge is 0.756 e. The summed E-state index contributed by atoms with van der Waals surface area (Å²) in [4.78, 5) is 49.2. The van der Waals surface area contributed by atoms with Gasteiger partial charge in [-0.2, -0.15) is 0 Å². The van der Waals surface area contributed by atoms with Crippen LogP contribution in [0.4, 0.5) is 0 Å². The van der Waals surface area contributed by atoms with E-state index in [9.17, 15) is 23.8 Å². The van der Waals surface area contributed by atoms with Crippen LogP contribution in [-0.4, -0.2) is 75.8 Å². The molecule has 326 valence electrons. The molecule has 2 atom stereocenters. The number of unbranched alkanes of at least 4 members (excludes halogenated alkanes) is 11. The molecule has 11 heteroatoms. The standard InChI is InChI=1S/C46H78NO9P/c1-6-8-10-11-12-13-14-15-16-17-20-23-26-29-33-37-45(49)53-41-44(42-55-57(51,52)54-40-39-47(3,4)5)56-46(50)38-34-30-27-24-21-18-19-22-25-28-32-36-43(48)35-31-9-7-2/h12-13,15-16,18-19,24-25,27-28,32,36,44H,6-11,14,17,20-23,26,29-31,33-35,37-42H2,1-5H3/b13-12-,16-15-,19-18-,27-24-,28-25-,36-32+/t44-/m1/s1. The van der Waals surface area contributed by atoms with E-state index in [1.807, 2.05) is 45.4 Å². The van der Waals surface area contributed by atoms with E-state index < -0.39 is 32.5 Å². The minimum atomic E-state index is -4.66. The quantitative estimate of drug-likeness (QED) is 0.0114. The van der Waals surface area contributed by atoms with Crippen LogP contribution in [0, 0.1) is 0 Å². The predicted octanol–water partition coefficient (Wildman–Crippen LogP) is 10.8. The zero-order valence-electron chi connectivity index (χ0n) is 36.3. The molecule has 0 N–H and O–H groups in total. The van der Waals surface area contributed by atoms with Gasteiger partial charge >= 0.3 is 11.9 Å². The first-order valence-corrected chi connectivity index (χ1v) is 23.1. The second kappa shape index (κ2) is 37.4. The Hall–Kier alpha value is -2.88. The lowest BCUT2D eigenvalue weighted by Gasteiger charge is -2.28. The summed E-state index contributed by atoms with van der Waals surface area (Å²) in [5.74, 6) is -0.794. The van der Waals surface area contributed by atoms with E-state index in [-0.39, 0.29) is 31.8 Å². The Labute approximate surface area is 346 Å². The predicted molar refractivity (Wildman–Crippen MR) is 231 cm³/mol. The van der Waals surface area contributed by atoms with Gasteiger partial charge in [0.05, 0.1) is 27.7 Å². The Morgan fingerprint density at radius 2 is 1.12 bits per heavy atom. The van der Waals surface area contributed by atoms with Crippen LogP contribution in [0.25, 0.3) is 0 Å². The highest BCUT2D eigenvalue weighted by Crippen LogP contribution is 2.38. The molecule has 0 rings (SSSR count). The molecular weight excluding hydrogens is 741 g/mol. The lowest BCUT2D eigenvalue weighted by molar-refractivity contribution is -0.870. The van der Waals surface area contributed by atoms with Crippen LogP contribution in [0.1, 0.15) is 149 Å². The van der Waals surface area contributed by atoms with E-state index in [2.05, 4.69) is 50.3 Å². The summed E-state index contributed by atoms with van der Waals surface area (Å²) in [6.45, 7) is 3.91. The maximum atomic E-state index is 12.6. The molecule has 0 saturated carbocycles. The molecule has 10 nitrogen and oxygen atoms in total. The van der Waals surface area contributed by atoms with Gasteiger partial charge in [0.15, 0.2) is 11.9 Å². The molecule has 0 aromatic carbocycles. The fourth-order valence-corrected chi connectivity index (χ4v) is 5.95. The van der Waals surface area contributed by atoms with Gasteiger partial charge in [0.2, 0.25) is 0 Å². The summed E-state index contributed by atoms with van der Waals surface area (Å²) in [5.41, 5.74) is 0. The highest BCUT2D eigenvalue weighted by molar-refractivity contribution is 7.45. The number of nitrogens with zero attached hydrogens (tertiary/aromatic N) is 1. The minimum Gasteiger partial charge on any atom is -0.756 e. The maximum Gasteiger partial charge on any atom is 0.306 e. The number of hydrogen-bond acceptors (Lipinski definition) is 9. The van der Waals surface area contributed by atoms with Gasteiger partial charge < -0.3 is 27.9 Å². The van der Waals surface area contributed by atoms with Crippen molar-refractivity contribution in [1.82, 2.24) is 0 Å². The van der Waals surface area contributed by atoms with Crippen LogP contribution in [0.15, 0.2) is 72.9 Å². The topological polar surface area (TPSA) is 128 Å². The molecule has 1 unspecified atom stereocenters. The lowest BCUT2D eigenvalue weighted by atomic mass is 10.1. The summed E-state index contributed by atoms with van der Waals surface area (Å²) in [5, 5.41) is 0. The Balaban J connectivity index is 4.56. The zero-order chi connectivity index (χ0) is 42.3. The number of phosphoric acid groups is 1. The van der Waals surface area contributed by atoms with Gasteiger partial charge in [0.1, 0.15) is 19.8 Å². The van der Waals surface area contributed by atoms with Gasteiger partial charge in [0, 0.05) is 19.3 Å². The van der Waals surface area contributed by atoms with Crippen molar-refractivity contribution in [3.8, 4) is 0 Å². The number of carbonyl (C=O) groups excluding carboxylic acids is 3. The molecule has 0 aliphatic heterocycles. The molecule has 0 heterocycles. The van der Waals surface area contributed by atoms with Crippen molar-refractivity contribution < 1.29 is 46.8 Å². The lowest BCUT2D eigenvalue weighted by Crippen LogP contribution is -2.37. The van der Waals surface area contributed by atoms with Crippen molar-refractivity contribution in [2.75, 3.05) is 47.5 Å². The average molecular weight is 820 g/mol. The van der Waals surface area contributed by atoms with E-state index in [1.54, 1.807) is 12.2 Å². The van der Waals surface area contributed by atoms with E-state index in [4.69, 9.17) is 18.5 Å². The minimum absolute atomic E-state index is 0.0578. The van der Waals surface area contributed by atoms with Crippen LogP contribution < -0.4 is 4.89 Å². The van der Waals surface area contributed by atoms with Crippen LogP contribution in [0.3, 0.4) is 0 Å². The van der Waals surface area contributed by atoms with Crippen molar-refractivity contribution in [3.05, 3.63) is 72.9 Å². The van der Waals surface area contributed by atoms with E-state index in [0.717, 1.165) is 70.6 Å². The summed E-state index contributed by atoms with van der Waals surface area (Å²) >= 11 is 0. The fourth-order valence-electron chi connectivity index (χ4n) is 5.22. The molecule has 0 aromatic rings. The van der Waals surface area contributed by atoms with E-state index in [0.29, 0.717) is 36.7 Å². The smallest absolute Gasteiger partial charge is 0.306 e. The zero-order valence-corrected chi connectivity index (χ0v) is 37.1. The maximum absolute atomic E-state index is 12.6. The number of rotatable bonds is 38. The molecule has 57 heavy (non-hydrogen) atoms. The molecule has 0 aliphatic carbocycles. The molecule has 0 bridgehead atoms. The summed E-state index contributed by atoms with van der Waals surface area (Å²) in [6, 6.07) is 0. The van der Waals surface area contributed by atoms with E-state index in [1.165, 1.54) is 25.7 Å². The second-order valence-electron chi connectivity index (χ2n) is 15.4.